The molecule has 0 aliphatic carbocycles. The predicted octanol–water partition coefficient (Wildman–Crippen LogP) is 4.56. The lowest BCUT2D eigenvalue weighted by atomic mass is 9.81. The highest BCUT2D eigenvalue weighted by atomic mass is 19.4. The van der Waals surface area contributed by atoms with Crippen molar-refractivity contribution in [3.05, 3.63) is 83.7 Å². The van der Waals surface area contributed by atoms with Gasteiger partial charge in [0.2, 0.25) is 5.91 Å². The summed E-state index contributed by atoms with van der Waals surface area (Å²) in [7, 11) is 0. The Labute approximate surface area is 204 Å². The van der Waals surface area contributed by atoms with Crippen LogP contribution in [0, 0.1) is 0 Å². The molecule has 186 valence electrons. The van der Waals surface area contributed by atoms with Crippen molar-refractivity contribution in [2.75, 3.05) is 18.1 Å². The van der Waals surface area contributed by atoms with Gasteiger partial charge in [0.1, 0.15) is 22.7 Å². The second kappa shape index (κ2) is 9.18. The lowest BCUT2D eigenvalue weighted by molar-refractivity contribution is -0.274. The second-order valence-electron chi connectivity index (χ2n) is 8.58. The molecule has 2 aliphatic heterocycles. The van der Waals surface area contributed by atoms with Gasteiger partial charge in [0, 0.05) is 36.8 Å². The smallest absolute Gasteiger partial charge is 0.491 e. The van der Waals surface area contributed by atoms with E-state index in [0.717, 1.165) is 6.42 Å². The Morgan fingerprint density at radius 1 is 1.11 bits per heavy atom. The van der Waals surface area contributed by atoms with Crippen molar-refractivity contribution in [2.24, 2.45) is 0 Å². The zero-order chi connectivity index (χ0) is 25.3. The number of anilines is 1. The molecule has 0 radical (unpaired) electrons. The summed E-state index contributed by atoms with van der Waals surface area (Å²) in [5, 5.41) is 3.07. The number of alkyl halides is 3. The molecule has 2 aromatic carbocycles. The fourth-order valence-electron chi connectivity index (χ4n) is 4.68. The molecular weight excluding hydrogens is 475 g/mol. The summed E-state index contributed by atoms with van der Waals surface area (Å²) in [6.07, 6.45) is -1.73. The number of carbonyl (C=O) groups is 2. The number of halogens is 3. The van der Waals surface area contributed by atoms with E-state index in [1.54, 1.807) is 47.5 Å². The van der Waals surface area contributed by atoms with E-state index in [0.29, 0.717) is 47.6 Å². The molecule has 1 aromatic heterocycles. The Kier molecular flexibility index (Phi) is 6.03. The van der Waals surface area contributed by atoms with Crippen molar-refractivity contribution in [3.8, 4) is 11.5 Å². The first kappa shape index (κ1) is 23.7. The van der Waals surface area contributed by atoms with Crippen LogP contribution in [0.2, 0.25) is 0 Å². The van der Waals surface area contributed by atoms with Gasteiger partial charge in [-0.2, -0.15) is 0 Å². The monoisotopic (exact) mass is 497 g/mol. The summed E-state index contributed by atoms with van der Waals surface area (Å²) < 4.78 is 47.8. The summed E-state index contributed by atoms with van der Waals surface area (Å²) in [6.45, 7) is 0.844. The molecule has 36 heavy (non-hydrogen) atoms. The van der Waals surface area contributed by atoms with Gasteiger partial charge >= 0.3 is 6.36 Å². The molecule has 2 amide bonds. The van der Waals surface area contributed by atoms with Crippen molar-refractivity contribution in [1.82, 2.24) is 10.3 Å². The van der Waals surface area contributed by atoms with Crippen LogP contribution in [-0.4, -0.2) is 36.3 Å². The Bertz CT molecular complexity index is 1300. The van der Waals surface area contributed by atoms with E-state index in [9.17, 15) is 22.8 Å². The summed E-state index contributed by atoms with van der Waals surface area (Å²) in [5.41, 5.74) is 0.785. The highest BCUT2D eigenvalue weighted by Gasteiger charge is 2.43. The number of carbonyl (C=O) groups excluding carboxylic acids is 2. The fraction of sp³-hybridized carbons (Fsp3) is 0.269. The average molecular weight is 497 g/mol. The van der Waals surface area contributed by atoms with Gasteiger partial charge in [-0.15, -0.1) is 13.2 Å². The van der Waals surface area contributed by atoms with E-state index >= 15 is 0 Å². The third-order valence-corrected chi connectivity index (χ3v) is 6.31. The van der Waals surface area contributed by atoms with Crippen LogP contribution in [-0.2, 0) is 10.3 Å². The van der Waals surface area contributed by atoms with Crippen LogP contribution >= 0.6 is 0 Å². The van der Waals surface area contributed by atoms with E-state index in [-0.39, 0.29) is 18.3 Å². The number of hydrogen-bond acceptors (Lipinski definition) is 5. The van der Waals surface area contributed by atoms with Crippen molar-refractivity contribution >= 4 is 17.5 Å². The van der Waals surface area contributed by atoms with Crippen molar-refractivity contribution in [1.29, 1.82) is 0 Å². The van der Waals surface area contributed by atoms with Crippen LogP contribution in [0.5, 0.6) is 11.5 Å². The minimum absolute atomic E-state index is 0.00718. The van der Waals surface area contributed by atoms with Crippen molar-refractivity contribution < 1.29 is 32.2 Å². The molecule has 7 nitrogen and oxygen atoms in total. The summed E-state index contributed by atoms with van der Waals surface area (Å²) in [4.78, 5) is 31.8. The van der Waals surface area contributed by atoms with Gasteiger partial charge < -0.3 is 19.7 Å². The Hall–Kier alpha value is -4.08. The molecule has 1 saturated heterocycles. The van der Waals surface area contributed by atoms with Gasteiger partial charge in [0.25, 0.3) is 5.91 Å². The maximum Gasteiger partial charge on any atom is 0.573 e. The maximum absolute atomic E-state index is 13.5. The van der Waals surface area contributed by atoms with Crippen LogP contribution in [0.3, 0.4) is 0 Å². The van der Waals surface area contributed by atoms with Crippen LogP contribution in [0.15, 0.2) is 66.9 Å². The molecule has 0 spiro atoms. The van der Waals surface area contributed by atoms with E-state index in [1.807, 2.05) is 0 Å². The minimum Gasteiger partial charge on any atom is -0.491 e. The maximum atomic E-state index is 13.5. The lowest BCUT2D eigenvalue weighted by Gasteiger charge is -2.39. The van der Waals surface area contributed by atoms with E-state index in [1.165, 1.54) is 24.3 Å². The van der Waals surface area contributed by atoms with Crippen LogP contribution < -0.4 is 19.7 Å². The molecular formula is C26H22F3N3O4. The Morgan fingerprint density at radius 2 is 1.92 bits per heavy atom. The molecule has 3 aromatic rings. The summed E-state index contributed by atoms with van der Waals surface area (Å²) >= 11 is 0. The van der Waals surface area contributed by atoms with Crippen molar-refractivity contribution in [2.45, 2.75) is 31.2 Å². The molecule has 1 fully saturated rings. The van der Waals surface area contributed by atoms with Gasteiger partial charge in [-0.1, -0.05) is 18.2 Å². The highest BCUT2D eigenvalue weighted by molar-refractivity contribution is 5.99. The molecule has 1 N–H and O–H groups in total. The third kappa shape index (κ3) is 4.58. The van der Waals surface area contributed by atoms with Crippen molar-refractivity contribution in [3.63, 3.8) is 0 Å². The van der Waals surface area contributed by atoms with Gasteiger partial charge in [0.15, 0.2) is 0 Å². The number of aromatic nitrogens is 1. The lowest BCUT2D eigenvalue weighted by Crippen LogP contribution is -2.50. The van der Waals surface area contributed by atoms with E-state index in [2.05, 4.69) is 15.0 Å². The largest absolute Gasteiger partial charge is 0.573 e. The summed E-state index contributed by atoms with van der Waals surface area (Å²) in [5.74, 6) is -0.314. The van der Waals surface area contributed by atoms with Gasteiger partial charge in [-0.05, 0) is 54.4 Å². The first-order valence-corrected chi connectivity index (χ1v) is 11.4. The Balaban J connectivity index is 1.52. The van der Waals surface area contributed by atoms with Gasteiger partial charge in [-0.3, -0.25) is 14.6 Å². The van der Waals surface area contributed by atoms with E-state index in [4.69, 9.17) is 4.74 Å². The third-order valence-electron chi connectivity index (χ3n) is 6.31. The SMILES string of the molecule is O=C(NC1(c2ccc(OC(F)(F)F)cc2)CCOc2cccnc21)c1cccc(N2CCCC2=O)c1. The molecule has 10 heteroatoms. The molecule has 5 rings (SSSR count). The van der Waals surface area contributed by atoms with Crippen LogP contribution in [0.4, 0.5) is 18.9 Å². The minimum atomic E-state index is -4.82. The molecule has 1 atom stereocenters. The predicted molar refractivity (Wildman–Crippen MR) is 124 cm³/mol. The Morgan fingerprint density at radius 3 is 2.64 bits per heavy atom. The number of pyridine rings is 1. The van der Waals surface area contributed by atoms with Crippen LogP contribution in [0.25, 0.3) is 0 Å². The highest BCUT2D eigenvalue weighted by Crippen LogP contribution is 2.41. The fourth-order valence-corrected chi connectivity index (χ4v) is 4.68. The number of benzene rings is 2. The zero-order valence-electron chi connectivity index (χ0n) is 19.0. The van der Waals surface area contributed by atoms with Crippen LogP contribution in [0.1, 0.15) is 40.9 Å². The number of hydrogen-bond donors (Lipinski definition) is 1. The standard InChI is InChI=1S/C26H22F3N3O4/c27-26(28,29)36-20-10-8-18(9-11-20)25(12-15-35-21-6-2-13-30-23(21)25)31-24(34)17-4-1-5-19(16-17)32-14-3-7-22(32)33/h1-2,4-6,8-11,13,16H,3,7,12,14-15H2,(H,31,34). The normalized spacial score (nSPS) is 19.4. The number of amides is 2. The van der Waals surface area contributed by atoms with Gasteiger partial charge in [0.05, 0.1) is 6.61 Å². The molecule has 3 heterocycles. The molecule has 1 unspecified atom stereocenters. The number of rotatable bonds is 5. The number of fused-ring (bicyclic) bond motifs is 1. The van der Waals surface area contributed by atoms with E-state index < -0.39 is 17.8 Å². The average Bonchev–Trinajstić information content (AvgIpc) is 3.29. The first-order chi connectivity index (χ1) is 17.2. The summed E-state index contributed by atoms with van der Waals surface area (Å²) in [6, 6.07) is 15.6. The quantitative estimate of drug-likeness (QED) is 0.559. The number of ether oxygens (including phenoxy) is 2. The van der Waals surface area contributed by atoms with Gasteiger partial charge in [-0.25, -0.2) is 0 Å². The topological polar surface area (TPSA) is 80.8 Å². The molecule has 0 bridgehead atoms. The number of nitrogens with zero attached hydrogens (tertiary/aromatic N) is 2. The molecule has 2 aliphatic rings. The molecule has 0 saturated carbocycles. The zero-order valence-corrected chi connectivity index (χ0v) is 19.0. The first-order valence-electron chi connectivity index (χ1n) is 11.4. The second-order valence-corrected chi connectivity index (χ2v) is 8.58. The number of nitrogens with one attached hydrogen (secondary N) is 1.